The van der Waals surface area contributed by atoms with E-state index >= 15 is 0 Å². The normalized spacial score (nSPS) is 14.1. The second kappa shape index (κ2) is 7.50. The molecule has 0 saturated heterocycles. The summed E-state index contributed by atoms with van der Waals surface area (Å²) in [6.07, 6.45) is -4.76. The molecule has 0 aliphatic rings. The van der Waals surface area contributed by atoms with Crippen LogP contribution in [0.25, 0.3) is 0 Å². The number of hydrogen-bond donors (Lipinski definition) is 0. The van der Waals surface area contributed by atoms with E-state index in [0.717, 1.165) is 0 Å². The zero-order valence-electron chi connectivity index (χ0n) is 13.2. The van der Waals surface area contributed by atoms with Crippen LogP contribution >= 0.6 is 0 Å². The number of methoxy groups -OCH3 is 2. The minimum Gasteiger partial charge on any atom is -0.347 e. The SMILES string of the molecule is COC(CS(=O)(=O)Cc1ccccc1)(OC)C(F)(F)C(F)(F)C(F)F. The lowest BCUT2D eigenvalue weighted by atomic mass is 10.0. The molecule has 0 heterocycles. The molecule has 1 aromatic rings. The molecule has 1 aromatic carbocycles. The third-order valence-electron chi connectivity index (χ3n) is 3.47. The van der Waals surface area contributed by atoms with E-state index in [2.05, 4.69) is 9.47 Å². The molecular weight excluding hydrogens is 378 g/mol. The van der Waals surface area contributed by atoms with Gasteiger partial charge in [-0.2, -0.15) is 17.6 Å². The van der Waals surface area contributed by atoms with Crippen molar-refractivity contribution in [2.45, 2.75) is 29.8 Å². The smallest absolute Gasteiger partial charge is 0.347 e. The Bertz CT molecular complexity index is 659. The van der Waals surface area contributed by atoms with E-state index < -0.39 is 45.4 Å². The Morgan fingerprint density at radius 2 is 1.48 bits per heavy atom. The molecule has 0 aliphatic heterocycles. The summed E-state index contributed by atoms with van der Waals surface area (Å²) in [7, 11) is -3.56. The highest BCUT2D eigenvalue weighted by Gasteiger charge is 2.75. The molecule has 4 nitrogen and oxygen atoms in total. The molecular formula is C14H16F6O4S. The van der Waals surface area contributed by atoms with E-state index in [9.17, 15) is 34.8 Å². The van der Waals surface area contributed by atoms with Gasteiger partial charge < -0.3 is 9.47 Å². The van der Waals surface area contributed by atoms with Crippen LogP contribution in [-0.2, 0) is 25.1 Å². The molecule has 0 unspecified atom stereocenters. The van der Waals surface area contributed by atoms with Crippen LogP contribution in [0.2, 0.25) is 0 Å². The zero-order valence-corrected chi connectivity index (χ0v) is 14.0. The quantitative estimate of drug-likeness (QED) is 0.477. The monoisotopic (exact) mass is 394 g/mol. The van der Waals surface area contributed by atoms with E-state index in [1.807, 2.05) is 0 Å². The molecule has 0 saturated carbocycles. The highest BCUT2D eigenvalue weighted by molar-refractivity contribution is 7.90. The fourth-order valence-electron chi connectivity index (χ4n) is 2.11. The van der Waals surface area contributed by atoms with Crippen molar-refractivity contribution in [1.82, 2.24) is 0 Å². The number of hydrogen-bond acceptors (Lipinski definition) is 4. The number of benzene rings is 1. The van der Waals surface area contributed by atoms with Gasteiger partial charge in [0.2, 0.25) is 0 Å². The summed E-state index contributed by atoms with van der Waals surface area (Å²) in [6, 6.07) is 7.26. The Morgan fingerprint density at radius 1 is 1.00 bits per heavy atom. The van der Waals surface area contributed by atoms with Gasteiger partial charge in [-0.3, -0.25) is 0 Å². The van der Waals surface area contributed by atoms with E-state index in [0.29, 0.717) is 14.2 Å². The highest BCUT2D eigenvalue weighted by atomic mass is 32.2. The second-order valence-corrected chi connectivity index (χ2v) is 7.24. The maximum Gasteiger partial charge on any atom is 0.374 e. The van der Waals surface area contributed by atoms with Gasteiger partial charge in [0.25, 0.3) is 5.79 Å². The maximum absolute atomic E-state index is 14.1. The standard InChI is InChI=1S/C14H16F6O4S/c1-23-12(24-2,14(19,20)13(17,18)11(15)16)9-25(21,22)8-10-6-4-3-5-7-10/h3-7,11H,8-9H2,1-2H3. The number of ether oxygens (including phenoxy) is 2. The number of rotatable bonds is 9. The molecule has 0 atom stereocenters. The van der Waals surface area contributed by atoms with Crippen LogP contribution in [0, 0.1) is 0 Å². The van der Waals surface area contributed by atoms with Gasteiger partial charge in [-0.1, -0.05) is 30.3 Å². The Hall–Kier alpha value is -1.33. The molecule has 0 bridgehead atoms. The van der Waals surface area contributed by atoms with Crippen molar-refractivity contribution >= 4 is 9.84 Å². The number of alkyl halides is 6. The van der Waals surface area contributed by atoms with Crippen molar-refractivity contribution in [2.24, 2.45) is 0 Å². The first kappa shape index (κ1) is 21.7. The first-order valence-corrected chi connectivity index (χ1v) is 8.56. The largest absolute Gasteiger partial charge is 0.374 e. The lowest BCUT2D eigenvalue weighted by Gasteiger charge is -2.40. The molecule has 0 radical (unpaired) electrons. The predicted octanol–water partition coefficient (Wildman–Crippen LogP) is 3.13. The van der Waals surface area contributed by atoms with Crippen LogP contribution in [0.4, 0.5) is 26.3 Å². The summed E-state index contributed by atoms with van der Waals surface area (Å²) in [4.78, 5) is 0. The lowest BCUT2D eigenvalue weighted by molar-refractivity contribution is -0.385. The summed E-state index contributed by atoms with van der Waals surface area (Å²) in [6.45, 7) is 0. The zero-order chi connectivity index (χ0) is 19.5. The Labute approximate surface area is 140 Å². The second-order valence-electron chi connectivity index (χ2n) is 5.18. The third kappa shape index (κ3) is 4.26. The molecule has 144 valence electrons. The average Bonchev–Trinajstić information content (AvgIpc) is 2.52. The van der Waals surface area contributed by atoms with E-state index in [4.69, 9.17) is 0 Å². The Kier molecular flexibility index (Phi) is 6.52. The van der Waals surface area contributed by atoms with E-state index in [1.54, 1.807) is 6.07 Å². The summed E-state index contributed by atoms with van der Waals surface area (Å²) >= 11 is 0. The summed E-state index contributed by atoms with van der Waals surface area (Å²) in [5.41, 5.74) is 0.188. The van der Waals surface area contributed by atoms with Crippen LogP contribution in [0.5, 0.6) is 0 Å². The summed E-state index contributed by atoms with van der Waals surface area (Å²) < 4.78 is 112. The maximum atomic E-state index is 14.1. The van der Waals surface area contributed by atoms with Gasteiger partial charge in [0.05, 0.1) is 5.75 Å². The number of halogens is 6. The average molecular weight is 394 g/mol. The predicted molar refractivity (Wildman–Crippen MR) is 76.6 cm³/mol. The Balaban J connectivity index is 3.26. The van der Waals surface area contributed by atoms with Gasteiger partial charge in [-0.25, -0.2) is 17.2 Å². The van der Waals surface area contributed by atoms with Crippen LogP contribution in [-0.4, -0.2) is 52.4 Å². The van der Waals surface area contributed by atoms with Gasteiger partial charge in [0, 0.05) is 14.2 Å². The molecule has 25 heavy (non-hydrogen) atoms. The highest BCUT2D eigenvalue weighted by Crippen LogP contribution is 2.48. The van der Waals surface area contributed by atoms with E-state index in [-0.39, 0.29) is 5.56 Å². The molecule has 1 rings (SSSR count). The van der Waals surface area contributed by atoms with Gasteiger partial charge in [0.15, 0.2) is 9.84 Å². The molecule has 11 heteroatoms. The Morgan fingerprint density at radius 3 is 1.88 bits per heavy atom. The molecule has 0 spiro atoms. The van der Waals surface area contributed by atoms with Crippen molar-refractivity contribution in [3.63, 3.8) is 0 Å². The van der Waals surface area contributed by atoms with Crippen LogP contribution < -0.4 is 0 Å². The van der Waals surface area contributed by atoms with E-state index in [1.165, 1.54) is 24.3 Å². The van der Waals surface area contributed by atoms with Crippen molar-refractivity contribution in [3.8, 4) is 0 Å². The van der Waals surface area contributed by atoms with Gasteiger partial charge in [-0.15, -0.1) is 0 Å². The molecule has 0 aromatic heterocycles. The lowest BCUT2D eigenvalue weighted by Crippen LogP contribution is -2.65. The van der Waals surface area contributed by atoms with Crippen molar-refractivity contribution in [3.05, 3.63) is 35.9 Å². The molecule has 0 fully saturated rings. The van der Waals surface area contributed by atoms with Crippen LogP contribution in [0.15, 0.2) is 30.3 Å². The van der Waals surface area contributed by atoms with Gasteiger partial charge >= 0.3 is 18.3 Å². The molecule has 0 aliphatic carbocycles. The molecule has 0 amide bonds. The minimum absolute atomic E-state index is 0.188. The van der Waals surface area contributed by atoms with Crippen LogP contribution in [0.3, 0.4) is 0 Å². The molecule has 0 N–H and O–H groups in total. The summed E-state index contributed by atoms with van der Waals surface area (Å²) in [5.74, 6) is -17.8. The van der Waals surface area contributed by atoms with Crippen molar-refractivity contribution < 1.29 is 44.2 Å². The van der Waals surface area contributed by atoms with Crippen molar-refractivity contribution in [1.29, 1.82) is 0 Å². The first-order valence-electron chi connectivity index (χ1n) is 6.73. The third-order valence-corrected chi connectivity index (χ3v) is 5.06. The first-order chi connectivity index (χ1) is 11.4. The number of sulfone groups is 1. The van der Waals surface area contributed by atoms with Gasteiger partial charge in [-0.05, 0) is 5.56 Å². The van der Waals surface area contributed by atoms with Gasteiger partial charge in [0.1, 0.15) is 5.75 Å². The minimum atomic E-state index is -5.87. The van der Waals surface area contributed by atoms with Crippen LogP contribution in [0.1, 0.15) is 5.56 Å². The fraction of sp³-hybridized carbons (Fsp3) is 0.571. The fourth-order valence-corrected chi connectivity index (χ4v) is 3.91. The van der Waals surface area contributed by atoms with Crippen molar-refractivity contribution in [2.75, 3.05) is 20.0 Å². The summed E-state index contributed by atoms with van der Waals surface area (Å²) in [5, 5.41) is 0. The topological polar surface area (TPSA) is 52.6 Å².